The van der Waals surface area contributed by atoms with Gasteiger partial charge in [-0.3, -0.25) is 0 Å². The lowest BCUT2D eigenvalue weighted by Crippen LogP contribution is -2.45. The fraction of sp³-hybridized carbons (Fsp3) is 0.667. The number of hydrogen-bond donors (Lipinski definition) is 1. The van der Waals surface area contributed by atoms with Crippen molar-refractivity contribution in [3.63, 3.8) is 0 Å². The van der Waals surface area contributed by atoms with Crippen LogP contribution in [0, 0.1) is 12.8 Å². The van der Waals surface area contributed by atoms with Crippen LogP contribution < -0.4 is 5.73 Å². The third kappa shape index (κ3) is 4.23. The summed E-state index contributed by atoms with van der Waals surface area (Å²) >= 11 is 6.35. The molecule has 0 unspecified atom stereocenters. The number of halogens is 1. The number of benzene rings is 1. The van der Waals surface area contributed by atoms with Gasteiger partial charge in [0.25, 0.3) is 0 Å². The molecule has 2 heteroatoms. The second-order valence-corrected chi connectivity index (χ2v) is 7.13. The quantitative estimate of drug-likeness (QED) is 0.786. The van der Waals surface area contributed by atoms with Crippen molar-refractivity contribution < 1.29 is 0 Å². The van der Waals surface area contributed by atoms with Gasteiger partial charge in [-0.15, -0.1) is 0 Å². The van der Waals surface area contributed by atoms with Gasteiger partial charge in [-0.2, -0.15) is 0 Å². The van der Waals surface area contributed by atoms with Crippen molar-refractivity contribution in [2.24, 2.45) is 11.7 Å². The maximum atomic E-state index is 6.63. The SMILES string of the molecule is CCCCC1CCC(N)(Cc2ccc(C)cc2Cl)CC1. The van der Waals surface area contributed by atoms with Crippen LogP contribution in [0.4, 0.5) is 0 Å². The molecule has 1 nitrogen and oxygen atoms in total. The number of unbranched alkanes of at least 4 members (excludes halogenated alkanes) is 1. The lowest BCUT2D eigenvalue weighted by Gasteiger charge is -2.37. The minimum atomic E-state index is -0.0401. The molecule has 0 saturated heterocycles. The standard InChI is InChI=1S/C18H28ClN/c1-3-4-5-15-8-10-18(20,11-9-15)13-16-7-6-14(2)12-17(16)19/h6-7,12,15H,3-5,8-11,13,20H2,1-2H3. The van der Waals surface area contributed by atoms with E-state index in [2.05, 4.69) is 26.0 Å². The van der Waals surface area contributed by atoms with Gasteiger partial charge < -0.3 is 5.73 Å². The molecule has 2 rings (SSSR count). The Morgan fingerprint density at radius 2 is 2.00 bits per heavy atom. The van der Waals surface area contributed by atoms with Crippen LogP contribution in [0.25, 0.3) is 0 Å². The van der Waals surface area contributed by atoms with Crippen LogP contribution in [0.1, 0.15) is 63.0 Å². The van der Waals surface area contributed by atoms with E-state index in [4.69, 9.17) is 17.3 Å². The van der Waals surface area contributed by atoms with Crippen LogP contribution >= 0.6 is 11.6 Å². The number of hydrogen-bond acceptors (Lipinski definition) is 1. The Labute approximate surface area is 128 Å². The molecule has 20 heavy (non-hydrogen) atoms. The Hall–Kier alpha value is -0.530. The number of aryl methyl sites for hydroxylation is 1. The van der Waals surface area contributed by atoms with Crippen molar-refractivity contribution in [1.29, 1.82) is 0 Å². The molecular weight excluding hydrogens is 266 g/mol. The van der Waals surface area contributed by atoms with E-state index in [1.165, 1.54) is 43.2 Å². The van der Waals surface area contributed by atoms with Crippen molar-refractivity contribution in [2.45, 2.75) is 70.8 Å². The van der Waals surface area contributed by atoms with Gasteiger partial charge in [0.2, 0.25) is 0 Å². The summed E-state index contributed by atoms with van der Waals surface area (Å²) in [6, 6.07) is 6.33. The van der Waals surface area contributed by atoms with Gasteiger partial charge in [0.1, 0.15) is 0 Å². The van der Waals surface area contributed by atoms with E-state index in [0.717, 1.165) is 30.2 Å². The molecule has 0 radical (unpaired) electrons. The fourth-order valence-electron chi connectivity index (χ4n) is 3.39. The molecule has 112 valence electrons. The van der Waals surface area contributed by atoms with E-state index < -0.39 is 0 Å². The van der Waals surface area contributed by atoms with Crippen LogP contribution in [-0.2, 0) is 6.42 Å². The molecule has 0 aromatic heterocycles. The summed E-state index contributed by atoms with van der Waals surface area (Å²) in [6.07, 6.45) is 9.86. The maximum Gasteiger partial charge on any atom is 0.0441 e. The Kier molecular flexibility index (Phi) is 5.51. The third-order valence-electron chi connectivity index (χ3n) is 4.82. The van der Waals surface area contributed by atoms with Gasteiger partial charge in [0.05, 0.1) is 0 Å². The van der Waals surface area contributed by atoms with E-state index in [0.29, 0.717) is 0 Å². The molecule has 0 aliphatic heterocycles. The van der Waals surface area contributed by atoms with Crippen molar-refractivity contribution in [3.8, 4) is 0 Å². The Morgan fingerprint density at radius 3 is 2.60 bits per heavy atom. The van der Waals surface area contributed by atoms with Crippen molar-refractivity contribution in [3.05, 3.63) is 34.3 Å². The summed E-state index contributed by atoms with van der Waals surface area (Å²) in [5.74, 6) is 0.903. The van der Waals surface area contributed by atoms with E-state index >= 15 is 0 Å². The number of nitrogens with two attached hydrogens (primary N) is 1. The molecule has 0 atom stereocenters. The fourth-order valence-corrected chi connectivity index (χ4v) is 3.69. The third-order valence-corrected chi connectivity index (χ3v) is 5.17. The second kappa shape index (κ2) is 6.95. The van der Waals surface area contributed by atoms with E-state index in [-0.39, 0.29) is 5.54 Å². The van der Waals surface area contributed by atoms with Gasteiger partial charge in [-0.1, -0.05) is 49.9 Å². The molecule has 1 fully saturated rings. The van der Waals surface area contributed by atoms with Crippen LogP contribution in [-0.4, -0.2) is 5.54 Å². The Balaban J connectivity index is 1.93. The van der Waals surface area contributed by atoms with Crippen molar-refractivity contribution >= 4 is 11.6 Å². The summed E-state index contributed by atoms with van der Waals surface area (Å²) in [4.78, 5) is 0. The summed E-state index contributed by atoms with van der Waals surface area (Å²) in [5.41, 5.74) is 9.02. The van der Waals surface area contributed by atoms with Gasteiger partial charge in [0, 0.05) is 10.6 Å². The Bertz CT molecular complexity index is 433. The molecule has 1 aliphatic rings. The molecule has 0 spiro atoms. The monoisotopic (exact) mass is 293 g/mol. The molecule has 1 saturated carbocycles. The summed E-state index contributed by atoms with van der Waals surface area (Å²) in [5, 5.41) is 0.878. The van der Waals surface area contributed by atoms with Gasteiger partial charge in [-0.25, -0.2) is 0 Å². The van der Waals surface area contributed by atoms with Gasteiger partial charge in [0.15, 0.2) is 0 Å². The minimum Gasteiger partial charge on any atom is -0.325 e. The molecule has 2 N–H and O–H groups in total. The first-order valence-electron chi connectivity index (χ1n) is 8.06. The molecular formula is C18H28ClN. The largest absolute Gasteiger partial charge is 0.325 e. The molecule has 0 bridgehead atoms. The number of rotatable bonds is 5. The minimum absolute atomic E-state index is 0.0401. The smallest absolute Gasteiger partial charge is 0.0441 e. The summed E-state index contributed by atoms with van der Waals surface area (Å²) in [7, 11) is 0. The highest BCUT2D eigenvalue weighted by Gasteiger charge is 2.31. The second-order valence-electron chi connectivity index (χ2n) is 6.72. The lowest BCUT2D eigenvalue weighted by atomic mass is 9.73. The average molecular weight is 294 g/mol. The first-order chi connectivity index (χ1) is 9.52. The topological polar surface area (TPSA) is 26.0 Å². The van der Waals surface area contributed by atoms with E-state index in [1.807, 2.05) is 6.07 Å². The highest BCUT2D eigenvalue weighted by Crippen LogP contribution is 2.36. The van der Waals surface area contributed by atoms with Crippen LogP contribution in [0.5, 0.6) is 0 Å². The first-order valence-corrected chi connectivity index (χ1v) is 8.44. The van der Waals surface area contributed by atoms with E-state index in [9.17, 15) is 0 Å². The normalized spacial score (nSPS) is 26.7. The first kappa shape index (κ1) is 15.9. The zero-order chi connectivity index (χ0) is 14.6. The summed E-state index contributed by atoms with van der Waals surface area (Å²) in [6.45, 7) is 4.35. The van der Waals surface area contributed by atoms with Crippen molar-refractivity contribution in [2.75, 3.05) is 0 Å². The summed E-state index contributed by atoms with van der Waals surface area (Å²) < 4.78 is 0. The van der Waals surface area contributed by atoms with Crippen LogP contribution in [0.3, 0.4) is 0 Å². The molecule has 1 aromatic rings. The van der Waals surface area contributed by atoms with E-state index in [1.54, 1.807) is 0 Å². The maximum absolute atomic E-state index is 6.63. The zero-order valence-electron chi connectivity index (χ0n) is 12.9. The predicted molar refractivity (Wildman–Crippen MR) is 88.3 cm³/mol. The average Bonchev–Trinajstić information content (AvgIpc) is 2.42. The predicted octanol–water partition coefficient (Wildman–Crippen LogP) is 5.27. The molecule has 0 amide bonds. The molecule has 1 aromatic carbocycles. The molecule has 0 heterocycles. The molecule has 1 aliphatic carbocycles. The van der Waals surface area contributed by atoms with Crippen molar-refractivity contribution in [1.82, 2.24) is 0 Å². The Morgan fingerprint density at radius 1 is 1.30 bits per heavy atom. The highest BCUT2D eigenvalue weighted by atomic mass is 35.5. The zero-order valence-corrected chi connectivity index (χ0v) is 13.7. The van der Waals surface area contributed by atoms with Crippen LogP contribution in [0.15, 0.2) is 18.2 Å². The van der Waals surface area contributed by atoms with Gasteiger partial charge >= 0.3 is 0 Å². The van der Waals surface area contributed by atoms with Crippen LogP contribution in [0.2, 0.25) is 5.02 Å². The highest BCUT2D eigenvalue weighted by molar-refractivity contribution is 6.31. The lowest BCUT2D eigenvalue weighted by molar-refractivity contribution is 0.221. The van der Waals surface area contributed by atoms with Gasteiger partial charge in [-0.05, 0) is 62.1 Å².